The summed E-state index contributed by atoms with van der Waals surface area (Å²) in [5.41, 5.74) is -1.28. The summed E-state index contributed by atoms with van der Waals surface area (Å²) < 4.78 is 26.2. The Hall–Kier alpha value is -1.14. The Kier molecular flexibility index (Phi) is 3.87. The minimum absolute atomic E-state index is 0.0504. The van der Waals surface area contributed by atoms with Crippen molar-refractivity contribution in [1.82, 2.24) is 5.32 Å². The van der Waals surface area contributed by atoms with Crippen molar-refractivity contribution in [3.63, 3.8) is 0 Å². The summed E-state index contributed by atoms with van der Waals surface area (Å²) in [7, 11) is 0. The number of halogens is 2. The van der Waals surface area contributed by atoms with Gasteiger partial charge in [0.25, 0.3) is 5.91 Å². The zero-order valence-electron chi connectivity index (χ0n) is 9.58. The average Bonchev–Trinajstić information content (AvgIpc) is 2.77. The van der Waals surface area contributed by atoms with Gasteiger partial charge in [0, 0.05) is 12.3 Å². The van der Waals surface area contributed by atoms with Crippen LogP contribution in [0.5, 0.6) is 0 Å². The van der Waals surface area contributed by atoms with Gasteiger partial charge in [-0.15, -0.1) is 0 Å². The van der Waals surface area contributed by atoms with Crippen LogP contribution in [0.25, 0.3) is 0 Å². The number of amides is 1. The largest absolute Gasteiger partial charge is 0.387 e. The molecule has 0 spiro atoms. The number of hydrogen-bond acceptors (Lipinski definition) is 3. The van der Waals surface area contributed by atoms with Gasteiger partial charge in [-0.25, -0.2) is 8.78 Å². The third-order valence-electron chi connectivity index (χ3n) is 2.83. The zero-order valence-corrected chi connectivity index (χ0v) is 10.4. The monoisotopic (exact) mass is 273 g/mol. The molecule has 0 bridgehead atoms. The van der Waals surface area contributed by atoms with Crippen LogP contribution in [0.4, 0.5) is 8.78 Å². The lowest BCUT2D eigenvalue weighted by molar-refractivity contribution is 0.0611. The van der Waals surface area contributed by atoms with E-state index in [-0.39, 0.29) is 12.1 Å². The average molecular weight is 273 g/mol. The summed E-state index contributed by atoms with van der Waals surface area (Å²) in [5.74, 6) is -0.782. The number of nitrogens with one attached hydrogen (secondary N) is 1. The Labute approximate surface area is 108 Å². The molecule has 1 aliphatic heterocycles. The molecule has 1 unspecified atom stereocenters. The maximum atomic E-state index is 13.3. The van der Waals surface area contributed by atoms with Gasteiger partial charge in [0.2, 0.25) is 0 Å². The Balaban J connectivity index is 2.01. The molecule has 1 aromatic carbocycles. The lowest BCUT2D eigenvalue weighted by Gasteiger charge is -2.21. The molecule has 2 N–H and O–H groups in total. The highest BCUT2D eigenvalue weighted by molar-refractivity contribution is 7.99. The lowest BCUT2D eigenvalue weighted by Crippen LogP contribution is -2.43. The van der Waals surface area contributed by atoms with E-state index < -0.39 is 23.1 Å². The molecule has 1 heterocycles. The van der Waals surface area contributed by atoms with Crippen molar-refractivity contribution < 1.29 is 18.7 Å². The molecule has 0 aliphatic carbocycles. The highest BCUT2D eigenvalue weighted by Crippen LogP contribution is 2.27. The molecule has 2 rings (SSSR count). The lowest BCUT2D eigenvalue weighted by atomic mass is 10.0. The van der Waals surface area contributed by atoms with Gasteiger partial charge in [0.15, 0.2) is 0 Å². The predicted octanol–water partition coefficient (Wildman–Crippen LogP) is 1.56. The van der Waals surface area contributed by atoms with E-state index in [1.165, 1.54) is 0 Å². The maximum absolute atomic E-state index is 13.3. The first-order valence-corrected chi connectivity index (χ1v) is 6.69. The first-order chi connectivity index (χ1) is 8.50. The Morgan fingerprint density at radius 2 is 2.28 bits per heavy atom. The number of carbonyl (C=O) groups excluding carboxylic acids is 1. The molecule has 3 nitrogen and oxygen atoms in total. The molecule has 6 heteroatoms. The van der Waals surface area contributed by atoms with Gasteiger partial charge in [-0.2, -0.15) is 11.8 Å². The van der Waals surface area contributed by atoms with E-state index in [0.29, 0.717) is 12.2 Å². The van der Waals surface area contributed by atoms with E-state index in [9.17, 15) is 18.7 Å². The Bertz CT molecular complexity index is 461. The van der Waals surface area contributed by atoms with E-state index in [4.69, 9.17) is 0 Å². The second-order valence-corrected chi connectivity index (χ2v) is 5.44. The first kappa shape index (κ1) is 13.3. The van der Waals surface area contributed by atoms with Gasteiger partial charge in [0.1, 0.15) is 11.6 Å². The van der Waals surface area contributed by atoms with E-state index in [1.54, 1.807) is 11.8 Å². The van der Waals surface area contributed by atoms with Crippen LogP contribution < -0.4 is 5.32 Å². The number of benzene rings is 1. The number of aliphatic hydroxyl groups is 1. The summed E-state index contributed by atoms with van der Waals surface area (Å²) in [6.45, 7) is 0.0504. The second-order valence-electron chi connectivity index (χ2n) is 4.33. The standard InChI is InChI=1S/C12H13F2NO2S/c13-8-1-2-10(14)9(5-8)11(16)15-6-12(17)3-4-18-7-12/h1-2,5,17H,3-4,6-7H2,(H,15,16). The molecule has 0 saturated carbocycles. The number of hydrogen-bond donors (Lipinski definition) is 2. The summed E-state index contributed by atoms with van der Waals surface area (Å²) >= 11 is 1.60. The van der Waals surface area contributed by atoms with Gasteiger partial charge >= 0.3 is 0 Å². The van der Waals surface area contributed by atoms with Crippen LogP contribution in [-0.4, -0.2) is 34.7 Å². The van der Waals surface area contributed by atoms with Gasteiger partial charge < -0.3 is 10.4 Å². The van der Waals surface area contributed by atoms with Crippen molar-refractivity contribution in [2.75, 3.05) is 18.1 Å². The highest BCUT2D eigenvalue weighted by atomic mass is 32.2. The molecular formula is C12H13F2NO2S. The predicted molar refractivity (Wildman–Crippen MR) is 65.6 cm³/mol. The van der Waals surface area contributed by atoms with Crippen molar-refractivity contribution in [2.45, 2.75) is 12.0 Å². The van der Waals surface area contributed by atoms with Crippen LogP contribution in [0.3, 0.4) is 0 Å². The fraction of sp³-hybridized carbons (Fsp3) is 0.417. The van der Waals surface area contributed by atoms with Crippen molar-refractivity contribution in [1.29, 1.82) is 0 Å². The van der Waals surface area contributed by atoms with Crippen molar-refractivity contribution >= 4 is 17.7 Å². The fourth-order valence-corrected chi connectivity index (χ4v) is 3.04. The minimum atomic E-state index is -0.940. The van der Waals surface area contributed by atoms with Gasteiger partial charge in [-0.3, -0.25) is 4.79 Å². The van der Waals surface area contributed by atoms with Gasteiger partial charge in [-0.1, -0.05) is 0 Å². The topological polar surface area (TPSA) is 49.3 Å². The van der Waals surface area contributed by atoms with Crippen molar-refractivity contribution in [3.8, 4) is 0 Å². The van der Waals surface area contributed by atoms with Crippen LogP contribution >= 0.6 is 11.8 Å². The van der Waals surface area contributed by atoms with Crippen LogP contribution in [0.15, 0.2) is 18.2 Å². The summed E-state index contributed by atoms with van der Waals surface area (Å²) in [5, 5.41) is 12.4. The molecule has 1 aromatic rings. The molecule has 1 atom stereocenters. The van der Waals surface area contributed by atoms with E-state index in [0.717, 1.165) is 24.0 Å². The summed E-state index contributed by atoms with van der Waals surface area (Å²) in [6, 6.07) is 2.70. The third-order valence-corrected chi connectivity index (χ3v) is 4.07. The van der Waals surface area contributed by atoms with Crippen molar-refractivity contribution in [3.05, 3.63) is 35.4 Å². The summed E-state index contributed by atoms with van der Waals surface area (Å²) in [4.78, 5) is 11.7. The van der Waals surface area contributed by atoms with Crippen molar-refractivity contribution in [2.24, 2.45) is 0 Å². The normalized spacial score (nSPS) is 23.1. The van der Waals surface area contributed by atoms with E-state index >= 15 is 0 Å². The third kappa shape index (κ3) is 3.00. The molecule has 1 fully saturated rings. The number of carbonyl (C=O) groups is 1. The fourth-order valence-electron chi connectivity index (χ4n) is 1.75. The number of rotatable bonds is 3. The SMILES string of the molecule is O=C(NCC1(O)CCSC1)c1cc(F)ccc1F. The molecule has 1 amide bonds. The molecule has 98 valence electrons. The van der Waals surface area contributed by atoms with Crippen LogP contribution in [-0.2, 0) is 0 Å². The molecule has 1 aliphatic rings. The van der Waals surface area contributed by atoms with Gasteiger partial charge in [-0.05, 0) is 30.4 Å². The van der Waals surface area contributed by atoms with E-state index in [1.807, 2.05) is 0 Å². The molecule has 0 aromatic heterocycles. The van der Waals surface area contributed by atoms with E-state index in [2.05, 4.69) is 5.32 Å². The van der Waals surface area contributed by atoms with Crippen LogP contribution in [0.1, 0.15) is 16.8 Å². The zero-order chi connectivity index (χ0) is 13.2. The molecular weight excluding hydrogens is 260 g/mol. The first-order valence-electron chi connectivity index (χ1n) is 5.54. The highest BCUT2D eigenvalue weighted by Gasteiger charge is 2.32. The second kappa shape index (κ2) is 5.24. The molecule has 1 saturated heterocycles. The molecule has 18 heavy (non-hydrogen) atoms. The Morgan fingerprint density at radius 3 is 2.94 bits per heavy atom. The van der Waals surface area contributed by atoms with Crippen LogP contribution in [0.2, 0.25) is 0 Å². The summed E-state index contributed by atoms with van der Waals surface area (Å²) in [6.07, 6.45) is 0.587. The number of thioether (sulfide) groups is 1. The van der Waals surface area contributed by atoms with Gasteiger partial charge in [0.05, 0.1) is 11.2 Å². The maximum Gasteiger partial charge on any atom is 0.254 e. The Morgan fingerprint density at radius 1 is 1.50 bits per heavy atom. The quantitative estimate of drug-likeness (QED) is 0.878. The molecule has 0 radical (unpaired) electrons. The smallest absolute Gasteiger partial charge is 0.254 e. The van der Waals surface area contributed by atoms with Crippen LogP contribution in [0, 0.1) is 11.6 Å². The minimum Gasteiger partial charge on any atom is -0.387 e.